The number of ketones is 1. The first-order chi connectivity index (χ1) is 19.8. The summed E-state index contributed by atoms with van der Waals surface area (Å²) in [4.78, 5) is 54.3. The standard InChI is InChI=1S/C33H26ClN3O4/c1-20(38)28-19-35-29-16-15-26(18-27(29)31(28)39)36-33(41)30(17-21-7-13-25(34)14-8-21)37-32(40)24-11-9-23(10-12-24)22-5-3-2-4-6-22/h2-16,18-19,30H,17H2,1H3,(H,35,39)(H,36,41)(H,37,40)/t30-/m0/s1. The molecule has 0 fully saturated rings. The van der Waals surface area contributed by atoms with Gasteiger partial charge < -0.3 is 15.6 Å². The largest absolute Gasteiger partial charge is 0.360 e. The molecule has 1 heterocycles. The molecule has 41 heavy (non-hydrogen) atoms. The smallest absolute Gasteiger partial charge is 0.251 e. The van der Waals surface area contributed by atoms with Crippen molar-refractivity contribution in [2.45, 2.75) is 19.4 Å². The number of halogens is 1. The van der Waals surface area contributed by atoms with Crippen molar-refractivity contribution in [3.63, 3.8) is 0 Å². The van der Waals surface area contributed by atoms with Crippen LogP contribution in [0.2, 0.25) is 5.02 Å². The quantitative estimate of drug-likeness (QED) is 0.200. The van der Waals surface area contributed by atoms with Crippen molar-refractivity contribution in [1.82, 2.24) is 10.3 Å². The molecule has 0 unspecified atom stereocenters. The Labute approximate surface area is 241 Å². The maximum Gasteiger partial charge on any atom is 0.251 e. The van der Waals surface area contributed by atoms with Gasteiger partial charge in [-0.3, -0.25) is 19.2 Å². The van der Waals surface area contributed by atoms with Gasteiger partial charge in [0.25, 0.3) is 5.91 Å². The molecule has 5 aromatic rings. The van der Waals surface area contributed by atoms with E-state index >= 15 is 0 Å². The molecule has 2 amide bonds. The number of rotatable bonds is 8. The van der Waals surface area contributed by atoms with Crippen molar-refractivity contribution in [3.05, 3.63) is 135 Å². The van der Waals surface area contributed by atoms with Crippen LogP contribution in [-0.2, 0) is 11.2 Å². The Balaban J connectivity index is 1.39. The Kier molecular flexibility index (Phi) is 8.08. The van der Waals surface area contributed by atoms with Gasteiger partial charge in [0.2, 0.25) is 5.91 Å². The summed E-state index contributed by atoms with van der Waals surface area (Å²) >= 11 is 6.03. The van der Waals surface area contributed by atoms with Crippen LogP contribution in [0.15, 0.2) is 108 Å². The molecule has 1 atom stereocenters. The number of nitrogens with one attached hydrogen (secondary N) is 3. The van der Waals surface area contributed by atoms with E-state index in [0.717, 1.165) is 16.7 Å². The molecule has 0 spiro atoms. The molecule has 4 aromatic carbocycles. The van der Waals surface area contributed by atoms with Gasteiger partial charge in [-0.1, -0.05) is 66.2 Å². The number of anilines is 1. The van der Waals surface area contributed by atoms with Crippen molar-refractivity contribution in [2.24, 2.45) is 0 Å². The van der Waals surface area contributed by atoms with Gasteiger partial charge in [-0.2, -0.15) is 0 Å². The average molecular weight is 564 g/mol. The summed E-state index contributed by atoms with van der Waals surface area (Å²) in [6, 6.07) is 27.9. The zero-order chi connectivity index (χ0) is 28.9. The highest BCUT2D eigenvalue weighted by molar-refractivity contribution is 6.30. The predicted octanol–water partition coefficient (Wildman–Crippen LogP) is 6.03. The average Bonchev–Trinajstić information content (AvgIpc) is 2.98. The fourth-order valence-corrected chi connectivity index (χ4v) is 4.66. The van der Waals surface area contributed by atoms with Crippen LogP contribution in [0.4, 0.5) is 5.69 Å². The molecule has 0 bridgehead atoms. The van der Waals surface area contributed by atoms with E-state index in [0.29, 0.717) is 21.8 Å². The van der Waals surface area contributed by atoms with E-state index in [-0.39, 0.29) is 23.2 Å². The maximum atomic E-state index is 13.5. The molecule has 0 saturated heterocycles. The van der Waals surface area contributed by atoms with Crippen LogP contribution < -0.4 is 16.1 Å². The minimum Gasteiger partial charge on any atom is -0.360 e. The first kappa shape index (κ1) is 27.6. The number of fused-ring (bicyclic) bond motifs is 1. The number of H-pyrrole nitrogens is 1. The second-order valence-electron chi connectivity index (χ2n) is 9.64. The topological polar surface area (TPSA) is 108 Å². The second kappa shape index (κ2) is 12.0. The summed E-state index contributed by atoms with van der Waals surface area (Å²) in [7, 11) is 0. The van der Waals surface area contributed by atoms with Gasteiger partial charge in [0.05, 0.1) is 5.56 Å². The summed E-state index contributed by atoms with van der Waals surface area (Å²) in [5.41, 5.74) is 3.71. The number of aromatic amines is 1. The summed E-state index contributed by atoms with van der Waals surface area (Å²) in [5.74, 6) is -1.22. The zero-order valence-electron chi connectivity index (χ0n) is 22.1. The van der Waals surface area contributed by atoms with Crippen molar-refractivity contribution >= 4 is 45.8 Å². The third kappa shape index (κ3) is 6.42. The van der Waals surface area contributed by atoms with Crippen LogP contribution in [0.25, 0.3) is 22.0 Å². The van der Waals surface area contributed by atoms with Crippen LogP contribution in [0, 0.1) is 0 Å². The lowest BCUT2D eigenvalue weighted by Gasteiger charge is -2.19. The Bertz CT molecular complexity index is 1800. The fourth-order valence-electron chi connectivity index (χ4n) is 4.54. The van der Waals surface area contributed by atoms with E-state index in [2.05, 4.69) is 15.6 Å². The monoisotopic (exact) mass is 563 g/mol. The summed E-state index contributed by atoms with van der Waals surface area (Å²) < 4.78 is 0. The number of hydrogen-bond donors (Lipinski definition) is 3. The van der Waals surface area contributed by atoms with Gasteiger partial charge in [0, 0.05) is 39.8 Å². The molecule has 7 nitrogen and oxygen atoms in total. The first-order valence-electron chi connectivity index (χ1n) is 13.0. The van der Waals surface area contributed by atoms with Crippen LogP contribution in [-0.4, -0.2) is 28.6 Å². The van der Waals surface area contributed by atoms with Crippen molar-refractivity contribution in [3.8, 4) is 11.1 Å². The highest BCUT2D eigenvalue weighted by Gasteiger charge is 2.23. The molecular weight excluding hydrogens is 538 g/mol. The van der Waals surface area contributed by atoms with Gasteiger partial charge in [0.15, 0.2) is 11.2 Å². The molecule has 204 valence electrons. The number of pyridine rings is 1. The van der Waals surface area contributed by atoms with Gasteiger partial charge in [-0.25, -0.2) is 0 Å². The summed E-state index contributed by atoms with van der Waals surface area (Å²) in [5, 5.41) is 6.49. The number of aromatic nitrogens is 1. The van der Waals surface area contributed by atoms with E-state index < -0.39 is 23.3 Å². The predicted molar refractivity (Wildman–Crippen MR) is 161 cm³/mol. The molecular formula is C33H26ClN3O4. The number of Topliss-reactive ketones (excluding diaryl/α,β-unsaturated/α-hetero) is 1. The number of benzene rings is 4. The zero-order valence-corrected chi connectivity index (χ0v) is 22.9. The van der Waals surface area contributed by atoms with E-state index in [1.54, 1.807) is 48.5 Å². The summed E-state index contributed by atoms with van der Waals surface area (Å²) in [6.07, 6.45) is 1.59. The molecule has 0 radical (unpaired) electrons. The van der Waals surface area contributed by atoms with E-state index in [4.69, 9.17) is 11.6 Å². The van der Waals surface area contributed by atoms with Gasteiger partial charge in [-0.15, -0.1) is 0 Å². The van der Waals surface area contributed by atoms with Crippen LogP contribution >= 0.6 is 11.6 Å². The number of hydrogen-bond acceptors (Lipinski definition) is 4. The highest BCUT2D eigenvalue weighted by Crippen LogP contribution is 2.20. The van der Waals surface area contributed by atoms with Crippen LogP contribution in [0.5, 0.6) is 0 Å². The van der Waals surface area contributed by atoms with Crippen molar-refractivity contribution in [1.29, 1.82) is 0 Å². The highest BCUT2D eigenvalue weighted by atomic mass is 35.5. The lowest BCUT2D eigenvalue weighted by atomic mass is 10.0. The van der Waals surface area contributed by atoms with Gasteiger partial charge in [-0.05, 0) is 66.1 Å². The van der Waals surface area contributed by atoms with Crippen LogP contribution in [0.3, 0.4) is 0 Å². The third-order valence-corrected chi connectivity index (χ3v) is 7.01. The van der Waals surface area contributed by atoms with Gasteiger partial charge in [0.1, 0.15) is 6.04 Å². The molecule has 0 aliphatic carbocycles. The lowest BCUT2D eigenvalue weighted by molar-refractivity contribution is -0.118. The molecule has 0 aliphatic rings. The Morgan fingerprint density at radius 3 is 2.22 bits per heavy atom. The van der Waals surface area contributed by atoms with Crippen molar-refractivity contribution in [2.75, 3.05) is 5.32 Å². The number of amides is 2. The SMILES string of the molecule is CC(=O)c1c[nH]c2ccc(NC(=O)[C@H](Cc3ccc(Cl)cc3)NC(=O)c3ccc(-c4ccccc4)cc3)cc2c1=O. The van der Waals surface area contributed by atoms with Crippen LogP contribution in [0.1, 0.15) is 33.2 Å². The normalized spacial score (nSPS) is 11.6. The van der Waals surface area contributed by atoms with E-state index in [1.807, 2.05) is 42.5 Å². The third-order valence-electron chi connectivity index (χ3n) is 6.76. The number of carbonyl (C=O) groups excluding carboxylic acids is 3. The molecule has 3 N–H and O–H groups in total. The Morgan fingerprint density at radius 1 is 0.854 bits per heavy atom. The maximum absolute atomic E-state index is 13.5. The van der Waals surface area contributed by atoms with E-state index in [1.165, 1.54) is 19.2 Å². The minimum atomic E-state index is -0.935. The Morgan fingerprint density at radius 2 is 1.54 bits per heavy atom. The minimum absolute atomic E-state index is 0.0344. The molecule has 1 aromatic heterocycles. The van der Waals surface area contributed by atoms with Gasteiger partial charge >= 0.3 is 0 Å². The fraction of sp³-hybridized carbons (Fsp3) is 0.0909. The first-order valence-corrected chi connectivity index (χ1v) is 13.3. The molecule has 0 aliphatic heterocycles. The lowest BCUT2D eigenvalue weighted by Crippen LogP contribution is -2.45. The molecule has 5 rings (SSSR count). The number of carbonyl (C=O) groups is 3. The second-order valence-corrected chi connectivity index (χ2v) is 10.1. The molecule has 8 heteroatoms. The molecule has 0 saturated carbocycles. The summed E-state index contributed by atoms with van der Waals surface area (Å²) in [6.45, 7) is 1.32. The van der Waals surface area contributed by atoms with E-state index in [9.17, 15) is 19.2 Å². The van der Waals surface area contributed by atoms with Crippen molar-refractivity contribution < 1.29 is 14.4 Å². The Hall–Kier alpha value is -5.01.